The van der Waals surface area contributed by atoms with Crippen molar-refractivity contribution in [2.24, 2.45) is 0 Å². The van der Waals surface area contributed by atoms with Gasteiger partial charge in [-0.15, -0.1) is 0 Å². The molecule has 0 amide bonds. The zero-order valence-electron chi connectivity index (χ0n) is 13.5. The Balaban J connectivity index is 2.29. The Morgan fingerprint density at radius 3 is 2.52 bits per heavy atom. The van der Waals surface area contributed by atoms with Crippen LogP contribution in [0.4, 0.5) is 0 Å². The lowest BCUT2D eigenvalue weighted by Crippen LogP contribution is -2.22. The zero-order valence-corrected chi connectivity index (χ0v) is 13.5. The molecular weight excluding hydrogens is 260 g/mol. The molecule has 1 aromatic carbocycles. The van der Waals surface area contributed by atoms with E-state index in [1.165, 1.54) is 16.8 Å². The van der Waals surface area contributed by atoms with Crippen molar-refractivity contribution in [3.05, 3.63) is 42.1 Å². The van der Waals surface area contributed by atoms with E-state index in [0.29, 0.717) is 6.04 Å². The molecule has 1 N–H and O–H groups in total. The molecule has 0 fully saturated rings. The first-order chi connectivity index (χ1) is 10.1. The Morgan fingerprint density at radius 1 is 1.19 bits per heavy atom. The van der Waals surface area contributed by atoms with Crippen LogP contribution in [0.3, 0.4) is 0 Å². The van der Waals surface area contributed by atoms with Gasteiger partial charge in [0.2, 0.25) is 0 Å². The largest absolute Gasteiger partial charge is 0.310 e. The Hall–Kier alpha value is -1.65. The zero-order chi connectivity index (χ0) is 15.2. The normalized spacial score (nSPS) is 11.5. The van der Waals surface area contributed by atoms with Gasteiger partial charge < -0.3 is 10.2 Å². The summed E-state index contributed by atoms with van der Waals surface area (Å²) in [5.74, 6) is 0. The third-order valence-corrected chi connectivity index (χ3v) is 3.42. The van der Waals surface area contributed by atoms with Crippen molar-refractivity contribution in [2.45, 2.75) is 33.0 Å². The van der Waals surface area contributed by atoms with E-state index in [9.17, 15) is 0 Å². The fourth-order valence-electron chi connectivity index (χ4n) is 2.26. The molecule has 0 atom stereocenters. The Kier molecular flexibility index (Phi) is 5.53. The number of hydrogen-bond acceptors (Lipinski definition) is 3. The Bertz CT molecular complexity index is 514. The summed E-state index contributed by atoms with van der Waals surface area (Å²) >= 11 is 0. The van der Waals surface area contributed by atoms with Gasteiger partial charge in [0, 0.05) is 30.3 Å². The van der Waals surface area contributed by atoms with Gasteiger partial charge in [-0.05, 0) is 14.1 Å². The minimum Gasteiger partial charge on any atom is -0.310 e. The quantitative estimate of drug-likeness (QED) is 0.849. The van der Waals surface area contributed by atoms with Crippen molar-refractivity contribution in [2.75, 3.05) is 20.6 Å². The van der Waals surface area contributed by atoms with Gasteiger partial charge in [0.05, 0.1) is 18.4 Å². The third-order valence-electron chi connectivity index (χ3n) is 3.42. The van der Waals surface area contributed by atoms with Crippen LogP contribution in [-0.2, 0) is 13.1 Å². The molecule has 4 nitrogen and oxygen atoms in total. The lowest BCUT2D eigenvalue weighted by atomic mass is 10.1. The first-order valence-corrected chi connectivity index (χ1v) is 7.56. The molecule has 0 saturated heterocycles. The molecule has 4 heteroatoms. The van der Waals surface area contributed by atoms with Crippen LogP contribution in [0.5, 0.6) is 0 Å². The number of nitrogens with one attached hydrogen (secondary N) is 1. The number of rotatable bonds is 7. The van der Waals surface area contributed by atoms with Crippen molar-refractivity contribution < 1.29 is 0 Å². The van der Waals surface area contributed by atoms with Crippen LogP contribution in [0.2, 0.25) is 0 Å². The van der Waals surface area contributed by atoms with E-state index in [2.05, 4.69) is 78.3 Å². The minimum atomic E-state index is 0.471. The SMILES string of the molecule is CC(C)NCc1cnn(CCN(C)C)c1-c1ccccc1. The molecule has 0 aliphatic carbocycles. The number of likely N-dealkylation sites (N-methyl/N-ethyl adjacent to an activating group) is 1. The van der Waals surface area contributed by atoms with Crippen LogP contribution < -0.4 is 5.32 Å². The van der Waals surface area contributed by atoms with E-state index in [1.54, 1.807) is 0 Å². The van der Waals surface area contributed by atoms with Gasteiger partial charge >= 0.3 is 0 Å². The second-order valence-corrected chi connectivity index (χ2v) is 5.95. The lowest BCUT2D eigenvalue weighted by Gasteiger charge is -2.14. The molecular formula is C17H26N4. The summed E-state index contributed by atoms with van der Waals surface area (Å²) in [6.07, 6.45) is 1.99. The molecule has 0 bridgehead atoms. The van der Waals surface area contributed by atoms with Gasteiger partial charge in [-0.1, -0.05) is 44.2 Å². The molecule has 0 saturated carbocycles. The molecule has 1 heterocycles. The maximum atomic E-state index is 4.59. The van der Waals surface area contributed by atoms with Crippen LogP contribution in [-0.4, -0.2) is 41.4 Å². The summed E-state index contributed by atoms with van der Waals surface area (Å²) in [6, 6.07) is 11.0. The predicted molar refractivity (Wildman–Crippen MR) is 88.2 cm³/mol. The summed E-state index contributed by atoms with van der Waals surface area (Å²) in [5, 5.41) is 8.08. The van der Waals surface area contributed by atoms with Crippen LogP contribution in [0, 0.1) is 0 Å². The molecule has 1 aromatic heterocycles. The lowest BCUT2D eigenvalue weighted by molar-refractivity contribution is 0.374. The topological polar surface area (TPSA) is 33.1 Å². The Morgan fingerprint density at radius 2 is 1.90 bits per heavy atom. The van der Waals surface area contributed by atoms with Gasteiger partial charge in [-0.25, -0.2) is 0 Å². The van der Waals surface area contributed by atoms with E-state index >= 15 is 0 Å². The summed E-state index contributed by atoms with van der Waals surface area (Å²) in [6.45, 7) is 7.07. The second kappa shape index (κ2) is 7.38. The highest BCUT2D eigenvalue weighted by Gasteiger charge is 2.13. The fraction of sp³-hybridized carbons (Fsp3) is 0.471. The molecule has 2 rings (SSSR count). The monoisotopic (exact) mass is 286 g/mol. The molecule has 0 spiro atoms. The van der Waals surface area contributed by atoms with Gasteiger partial charge in [0.25, 0.3) is 0 Å². The van der Waals surface area contributed by atoms with Crippen LogP contribution in [0.1, 0.15) is 19.4 Å². The average Bonchev–Trinajstić information content (AvgIpc) is 2.86. The van der Waals surface area contributed by atoms with E-state index in [1.807, 2.05) is 6.20 Å². The van der Waals surface area contributed by atoms with E-state index in [4.69, 9.17) is 0 Å². The van der Waals surface area contributed by atoms with Crippen molar-refractivity contribution in [1.29, 1.82) is 0 Å². The molecule has 114 valence electrons. The number of aromatic nitrogens is 2. The standard InChI is InChI=1S/C17H26N4/c1-14(2)18-12-16-13-19-21(11-10-20(3)4)17(16)15-8-6-5-7-9-15/h5-9,13-14,18H,10-12H2,1-4H3. The molecule has 2 aromatic rings. The molecule has 0 radical (unpaired) electrons. The van der Waals surface area contributed by atoms with Crippen LogP contribution in [0.15, 0.2) is 36.5 Å². The number of benzene rings is 1. The highest BCUT2D eigenvalue weighted by atomic mass is 15.3. The molecule has 21 heavy (non-hydrogen) atoms. The highest BCUT2D eigenvalue weighted by Crippen LogP contribution is 2.23. The first kappa shape index (κ1) is 15.7. The van der Waals surface area contributed by atoms with Crippen LogP contribution >= 0.6 is 0 Å². The summed E-state index contributed by atoms with van der Waals surface area (Å²) < 4.78 is 2.12. The van der Waals surface area contributed by atoms with Crippen LogP contribution in [0.25, 0.3) is 11.3 Å². The van der Waals surface area contributed by atoms with E-state index in [0.717, 1.165) is 19.6 Å². The smallest absolute Gasteiger partial charge is 0.0727 e. The fourth-order valence-corrected chi connectivity index (χ4v) is 2.26. The van der Waals surface area contributed by atoms with Gasteiger partial charge in [0.1, 0.15) is 0 Å². The van der Waals surface area contributed by atoms with Gasteiger partial charge in [0.15, 0.2) is 0 Å². The maximum absolute atomic E-state index is 4.59. The first-order valence-electron chi connectivity index (χ1n) is 7.56. The summed E-state index contributed by atoms with van der Waals surface area (Å²) in [4.78, 5) is 2.18. The van der Waals surface area contributed by atoms with Crippen molar-refractivity contribution in [1.82, 2.24) is 20.0 Å². The van der Waals surface area contributed by atoms with Crippen molar-refractivity contribution >= 4 is 0 Å². The maximum Gasteiger partial charge on any atom is 0.0727 e. The second-order valence-electron chi connectivity index (χ2n) is 5.95. The molecule has 0 aliphatic rings. The van der Waals surface area contributed by atoms with E-state index < -0.39 is 0 Å². The van der Waals surface area contributed by atoms with Crippen molar-refractivity contribution in [3.8, 4) is 11.3 Å². The Labute approximate surface area is 127 Å². The minimum absolute atomic E-state index is 0.471. The summed E-state index contributed by atoms with van der Waals surface area (Å²) in [5.41, 5.74) is 3.72. The molecule has 0 unspecified atom stereocenters. The summed E-state index contributed by atoms with van der Waals surface area (Å²) in [7, 11) is 4.18. The predicted octanol–water partition coefficient (Wildman–Crippen LogP) is 2.61. The molecule has 0 aliphatic heterocycles. The van der Waals surface area contributed by atoms with E-state index in [-0.39, 0.29) is 0 Å². The third kappa shape index (κ3) is 4.41. The highest BCUT2D eigenvalue weighted by molar-refractivity contribution is 5.63. The number of nitrogens with zero attached hydrogens (tertiary/aromatic N) is 3. The number of hydrogen-bond donors (Lipinski definition) is 1. The van der Waals surface area contributed by atoms with Gasteiger partial charge in [-0.2, -0.15) is 5.10 Å². The van der Waals surface area contributed by atoms with Gasteiger partial charge in [-0.3, -0.25) is 4.68 Å². The van der Waals surface area contributed by atoms with Crippen molar-refractivity contribution in [3.63, 3.8) is 0 Å². The average molecular weight is 286 g/mol.